The van der Waals surface area contributed by atoms with Crippen molar-refractivity contribution in [1.29, 1.82) is 0 Å². The second-order valence-corrected chi connectivity index (χ2v) is 6.35. The third kappa shape index (κ3) is 3.45. The van der Waals surface area contributed by atoms with Crippen molar-refractivity contribution in [3.8, 4) is 0 Å². The van der Waals surface area contributed by atoms with Crippen molar-refractivity contribution in [2.45, 2.75) is 38.6 Å². The molecule has 0 bridgehead atoms. The molecule has 3 N–H and O–H groups in total. The lowest BCUT2D eigenvalue weighted by Crippen LogP contribution is -2.46. The quantitative estimate of drug-likeness (QED) is 0.783. The van der Waals surface area contributed by atoms with E-state index < -0.39 is 0 Å². The molecule has 4 unspecified atom stereocenters. The van der Waals surface area contributed by atoms with Crippen LogP contribution in [-0.4, -0.2) is 43.5 Å². The Morgan fingerprint density at radius 2 is 2.17 bits per heavy atom. The van der Waals surface area contributed by atoms with Crippen LogP contribution in [0.25, 0.3) is 0 Å². The first kappa shape index (κ1) is 13.8. The standard InChI is InChI=1S/C14H27N3O/c1-10-3-4-13(15)12(7-10)14(18)16-8-11-5-6-17(2)9-11/h10-13H,3-9,15H2,1-2H3,(H,16,18). The van der Waals surface area contributed by atoms with E-state index in [1.807, 2.05) is 0 Å². The molecule has 104 valence electrons. The average Bonchev–Trinajstić information content (AvgIpc) is 2.75. The number of carbonyl (C=O) groups is 1. The van der Waals surface area contributed by atoms with Crippen molar-refractivity contribution in [2.24, 2.45) is 23.5 Å². The summed E-state index contributed by atoms with van der Waals surface area (Å²) < 4.78 is 0. The van der Waals surface area contributed by atoms with Gasteiger partial charge in [0.25, 0.3) is 0 Å². The molecule has 0 spiro atoms. The summed E-state index contributed by atoms with van der Waals surface area (Å²) in [7, 11) is 2.14. The Morgan fingerprint density at radius 3 is 2.83 bits per heavy atom. The highest BCUT2D eigenvalue weighted by Gasteiger charge is 2.31. The number of likely N-dealkylation sites (tertiary alicyclic amines) is 1. The molecule has 1 aliphatic carbocycles. The molecule has 2 rings (SSSR count). The lowest BCUT2D eigenvalue weighted by molar-refractivity contribution is -0.127. The summed E-state index contributed by atoms with van der Waals surface area (Å²) in [5.41, 5.74) is 6.08. The third-order valence-corrected chi connectivity index (χ3v) is 4.56. The van der Waals surface area contributed by atoms with Crippen LogP contribution >= 0.6 is 0 Å². The Balaban J connectivity index is 1.76. The molecule has 1 aliphatic heterocycles. The van der Waals surface area contributed by atoms with Gasteiger partial charge >= 0.3 is 0 Å². The van der Waals surface area contributed by atoms with Gasteiger partial charge in [-0.1, -0.05) is 6.92 Å². The van der Waals surface area contributed by atoms with E-state index in [4.69, 9.17) is 5.73 Å². The fourth-order valence-electron chi connectivity index (χ4n) is 3.27. The summed E-state index contributed by atoms with van der Waals surface area (Å²) in [6, 6.07) is 0.0625. The fraction of sp³-hybridized carbons (Fsp3) is 0.929. The van der Waals surface area contributed by atoms with Gasteiger partial charge in [-0.05, 0) is 51.1 Å². The van der Waals surface area contributed by atoms with Crippen molar-refractivity contribution >= 4 is 5.91 Å². The maximum atomic E-state index is 12.2. The Kier molecular flexibility index (Phi) is 4.62. The van der Waals surface area contributed by atoms with E-state index in [1.54, 1.807) is 0 Å². The molecule has 4 atom stereocenters. The number of rotatable bonds is 3. The molecule has 2 fully saturated rings. The number of nitrogens with zero attached hydrogens (tertiary/aromatic N) is 1. The van der Waals surface area contributed by atoms with Gasteiger partial charge in [0.15, 0.2) is 0 Å². The fourth-order valence-corrected chi connectivity index (χ4v) is 3.27. The van der Waals surface area contributed by atoms with Gasteiger partial charge in [0.05, 0.1) is 5.92 Å². The Morgan fingerprint density at radius 1 is 1.39 bits per heavy atom. The molecule has 0 radical (unpaired) electrons. The molecule has 4 heteroatoms. The number of nitrogens with two attached hydrogens (primary N) is 1. The minimum absolute atomic E-state index is 0.0351. The molecule has 4 nitrogen and oxygen atoms in total. The number of hydrogen-bond acceptors (Lipinski definition) is 3. The number of carbonyl (C=O) groups excluding carboxylic acids is 1. The molecule has 1 amide bonds. The summed E-state index contributed by atoms with van der Waals surface area (Å²) in [5.74, 6) is 1.48. The van der Waals surface area contributed by atoms with E-state index in [0.717, 1.165) is 32.5 Å². The maximum Gasteiger partial charge on any atom is 0.224 e. The van der Waals surface area contributed by atoms with Crippen LogP contribution < -0.4 is 11.1 Å². The van der Waals surface area contributed by atoms with Gasteiger partial charge in [-0.3, -0.25) is 4.79 Å². The summed E-state index contributed by atoms with van der Waals surface area (Å²) in [6.45, 7) is 5.30. The van der Waals surface area contributed by atoms with Crippen LogP contribution in [0.4, 0.5) is 0 Å². The molecular formula is C14H27N3O. The molecule has 1 heterocycles. The first-order chi connectivity index (χ1) is 8.56. The smallest absolute Gasteiger partial charge is 0.224 e. The molecule has 0 aromatic carbocycles. The van der Waals surface area contributed by atoms with Gasteiger partial charge in [-0.25, -0.2) is 0 Å². The minimum Gasteiger partial charge on any atom is -0.355 e. The lowest BCUT2D eigenvalue weighted by Gasteiger charge is -2.31. The number of hydrogen-bond donors (Lipinski definition) is 2. The summed E-state index contributed by atoms with van der Waals surface area (Å²) >= 11 is 0. The summed E-state index contributed by atoms with van der Waals surface area (Å²) in [4.78, 5) is 14.5. The second-order valence-electron chi connectivity index (χ2n) is 6.35. The number of nitrogens with one attached hydrogen (secondary N) is 1. The highest BCUT2D eigenvalue weighted by Crippen LogP contribution is 2.28. The monoisotopic (exact) mass is 253 g/mol. The Labute approximate surface area is 110 Å². The predicted octanol–water partition coefficient (Wildman–Crippen LogP) is 0.818. The SMILES string of the molecule is CC1CCC(N)C(C(=O)NCC2CCN(C)C2)C1. The highest BCUT2D eigenvalue weighted by atomic mass is 16.1. The van der Waals surface area contributed by atoms with Gasteiger partial charge in [-0.15, -0.1) is 0 Å². The normalized spacial score (nSPS) is 37.7. The van der Waals surface area contributed by atoms with Crippen LogP contribution in [0.3, 0.4) is 0 Å². The summed E-state index contributed by atoms with van der Waals surface area (Å²) in [5, 5.41) is 3.12. The zero-order valence-electron chi connectivity index (χ0n) is 11.7. The molecule has 1 saturated carbocycles. The Bertz CT molecular complexity index is 295. The van der Waals surface area contributed by atoms with E-state index in [2.05, 4.69) is 24.2 Å². The van der Waals surface area contributed by atoms with Crippen LogP contribution in [0.5, 0.6) is 0 Å². The van der Waals surface area contributed by atoms with Crippen LogP contribution in [0, 0.1) is 17.8 Å². The van der Waals surface area contributed by atoms with Crippen LogP contribution in [0.2, 0.25) is 0 Å². The molecule has 0 aromatic heterocycles. The first-order valence-electron chi connectivity index (χ1n) is 7.28. The third-order valence-electron chi connectivity index (χ3n) is 4.56. The van der Waals surface area contributed by atoms with Gasteiger partial charge in [0, 0.05) is 19.1 Å². The van der Waals surface area contributed by atoms with E-state index in [0.29, 0.717) is 11.8 Å². The van der Waals surface area contributed by atoms with Crippen LogP contribution in [0.15, 0.2) is 0 Å². The van der Waals surface area contributed by atoms with Crippen molar-refractivity contribution in [3.63, 3.8) is 0 Å². The van der Waals surface area contributed by atoms with Crippen molar-refractivity contribution < 1.29 is 4.79 Å². The maximum absolute atomic E-state index is 12.2. The van der Waals surface area contributed by atoms with Gasteiger partial charge in [-0.2, -0.15) is 0 Å². The van der Waals surface area contributed by atoms with Gasteiger partial charge < -0.3 is 16.0 Å². The van der Waals surface area contributed by atoms with Crippen LogP contribution in [0.1, 0.15) is 32.6 Å². The second kappa shape index (κ2) is 6.02. The number of amides is 1. The van der Waals surface area contributed by atoms with E-state index in [1.165, 1.54) is 12.8 Å². The van der Waals surface area contributed by atoms with Crippen LogP contribution in [-0.2, 0) is 4.79 Å². The highest BCUT2D eigenvalue weighted by molar-refractivity contribution is 5.79. The van der Waals surface area contributed by atoms with E-state index in [-0.39, 0.29) is 17.9 Å². The van der Waals surface area contributed by atoms with E-state index in [9.17, 15) is 4.79 Å². The largest absolute Gasteiger partial charge is 0.355 e. The van der Waals surface area contributed by atoms with Crippen molar-refractivity contribution in [2.75, 3.05) is 26.7 Å². The zero-order valence-corrected chi connectivity index (χ0v) is 11.7. The van der Waals surface area contributed by atoms with Gasteiger partial charge in [0.1, 0.15) is 0 Å². The zero-order chi connectivity index (χ0) is 13.1. The lowest BCUT2D eigenvalue weighted by atomic mass is 9.78. The molecule has 18 heavy (non-hydrogen) atoms. The first-order valence-corrected chi connectivity index (χ1v) is 7.28. The van der Waals surface area contributed by atoms with Gasteiger partial charge in [0.2, 0.25) is 5.91 Å². The topological polar surface area (TPSA) is 58.4 Å². The molecular weight excluding hydrogens is 226 g/mol. The molecule has 0 aromatic rings. The van der Waals surface area contributed by atoms with Crippen molar-refractivity contribution in [3.05, 3.63) is 0 Å². The summed E-state index contributed by atoms with van der Waals surface area (Å²) in [6.07, 6.45) is 4.31. The van der Waals surface area contributed by atoms with E-state index >= 15 is 0 Å². The van der Waals surface area contributed by atoms with Crippen molar-refractivity contribution in [1.82, 2.24) is 10.2 Å². The minimum atomic E-state index is 0.0351. The average molecular weight is 253 g/mol. The molecule has 1 saturated heterocycles. The predicted molar refractivity (Wildman–Crippen MR) is 73.1 cm³/mol. The molecule has 2 aliphatic rings. The Hall–Kier alpha value is -0.610.